The van der Waals surface area contributed by atoms with Gasteiger partial charge in [-0.3, -0.25) is 0 Å². The van der Waals surface area contributed by atoms with Gasteiger partial charge in [0.2, 0.25) is 5.70 Å². The third-order valence-corrected chi connectivity index (χ3v) is 10.0. The van der Waals surface area contributed by atoms with Crippen molar-refractivity contribution in [3.63, 3.8) is 0 Å². The van der Waals surface area contributed by atoms with Crippen LogP contribution >= 0.6 is 57.1 Å². The minimum atomic E-state index is 0.653. The summed E-state index contributed by atoms with van der Waals surface area (Å²) in [7, 11) is 0. The number of fused-ring (bicyclic) bond motifs is 1. The van der Waals surface area contributed by atoms with Gasteiger partial charge in [-0.25, -0.2) is 4.85 Å². The normalized spacial score (nSPS) is 12.1. The standard InChI is InChI=1S/C28H14N4S5/c1-30-22(26-5-3-13-34-26)15-19-7-11-25(36-19)21-9-8-20(27-28(21)32-37-31-27)24-10-6-18(35-24)14-17(16-29)23-4-2-12-33-23/h2-15H/b17-14+,22-15-. The van der Waals surface area contributed by atoms with E-state index in [0.717, 1.165) is 51.4 Å². The first-order chi connectivity index (χ1) is 18.2. The summed E-state index contributed by atoms with van der Waals surface area (Å²) < 4.78 is 9.27. The first-order valence-corrected chi connectivity index (χ1v) is 15.1. The number of hydrogen-bond donors (Lipinski definition) is 0. The minimum Gasteiger partial charge on any atom is -0.237 e. The smallest absolute Gasteiger partial charge is 0.205 e. The van der Waals surface area contributed by atoms with Crippen molar-refractivity contribution in [2.24, 2.45) is 0 Å². The quantitative estimate of drug-likeness (QED) is 0.149. The maximum Gasteiger partial charge on any atom is 0.205 e. The monoisotopic (exact) mass is 566 g/mol. The van der Waals surface area contributed by atoms with E-state index < -0.39 is 0 Å². The fourth-order valence-electron chi connectivity index (χ4n) is 3.86. The Hall–Kier alpha value is -3.70. The summed E-state index contributed by atoms with van der Waals surface area (Å²) in [5.74, 6) is 0. The van der Waals surface area contributed by atoms with E-state index in [1.807, 2.05) is 53.2 Å². The Bertz CT molecular complexity index is 1710. The van der Waals surface area contributed by atoms with Crippen molar-refractivity contribution in [3.05, 3.63) is 102 Å². The van der Waals surface area contributed by atoms with Gasteiger partial charge in [0.25, 0.3) is 0 Å². The van der Waals surface area contributed by atoms with Gasteiger partial charge in [-0.2, -0.15) is 25.3 Å². The van der Waals surface area contributed by atoms with Crippen LogP contribution in [0.4, 0.5) is 0 Å². The Morgan fingerprint density at radius 1 is 0.784 bits per heavy atom. The number of nitrogens with zero attached hydrogens (tertiary/aromatic N) is 4. The Labute approximate surface area is 233 Å². The molecule has 5 heterocycles. The SMILES string of the molecule is [C-]#[N+]/C(=C\c1ccc(-c2ccc(-c3ccc(/C=C(\C#N)c4cccs4)s3)c3nsnc23)s1)c1cccs1. The molecule has 176 valence electrons. The maximum atomic E-state index is 9.61. The second-order valence-electron chi connectivity index (χ2n) is 7.79. The molecule has 0 saturated carbocycles. The molecule has 37 heavy (non-hydrogen) atoms. The molecule has 0 aliphatic rings. The van der Waals surface area contributed by atoms with Gasteiger partial charge in [-0.05, 0) is 53.2 Å². The summed E-state index contributed by atoms with van der Waals surface area (Å²) >= 11 is 7.64. The molecule has 6 rings (SSSR count). The van der Waals surface area contributed by atoms with E-state index in [-0.39, 0.29) is 0 Å². The zero-order valence-electron chi connectivity index (χ0n) is 18.9. The second-order valence-corrected chi connectivity index (χ2v) is 12.4. The van der Waals surface area contributed by atoms with E-state index in [2.05, 4.69) is 50.0 Å². The molecular weight excluding hydrogens is 553 g/mol. The summed E-state index contributed by atoms with van der Waals surface area (Å²) in [6.45, 7) is 7.57. The van der Waals surface area contributed by atoms with Gasteiger partial charge < -0.3 is 0 Å². The lowest BCUT2D eigenvalue weighted by Gasteiger charge is -2.03. The van der Waals surface area contributed by atoms with Crippen molar-refractivity contribution in [2.75, 3.05) is 0 Å². The molecule has 1 aromatic carbocycles. The largest absolute Gasteiger partial charge is 0.237 e. The van der Waals surface area contributed by atoms with Gasteiger partial charge in [0, 0.05) is 40.4 Å². The molecule has 0 radical (unpaired) electrons. The first kappa shape index (κ1) is 23.7. The van der Waals surface area contributed by atoms with Crippen LogP contribution in [0.3, 0.4) is 0 Å². The molecule has 0 aliphatic carbocycles. The fourth-order valence-corrected chi connectivity index (χ4v) is 7.77. The number of allylic oxidation sites excluding steroid dienone is 1. The van der Waals surface area contributed by atoms with Crippen LogP contribution in [-0.4, -0.2) is 8.75 Å². The van der Waals surface area contributed by atoms with E-state index in [9.17, 15) is 5.26 Å². The van der Waals surface area contributed by atoms with Crippen molar-refractivity contribution < 1.29 is 0 Å². The van der Waals surface area contributed by atoms with Crippen LogP contribution in [0.15, 0.2) is 71.4 Å². The molecule has 5 aromatic heterocycles. The van der Waals surface area contributed by atoms with Crippen molar-refractivity contribution in [2.45, 2.75) is 0 Å². The number of nitriles is 1. The lowest BCUT2D eigenvalue weighted by atomic mass is 10.1. The highest BCUT2D eigenvalue weighted by molar-refractivity contribution is 7.17. The summed E-state index contributed by atoms with van der Waals surface area (Å²) in [5.41, 5.74) is 5.16. The molecule has 0 atom stereocenters. The van der Waals surface area contributed by atoms with E-state index in [1.54, 1.807) is 45.3 Å². The first-order valence-electron chi connectivity index (χ1n) is 11.0. The number of thiophene rings is 4. The molecule has 0 spiro atoms. The van der Waals surface area contributed by atoms with Crippen LogP contribution in [0.25, 0.3) is 60.2 Å². The number of aromatic nitrogens is 2. The molecule has 9 heteroatoms. The van der Waals surface area contributed by atoms with Gasteiger partial charge in [-0.15, -0.1) is 34.0 Å². The van der Waals surface area contributed by atoms with Crippen LogP contribution < -0.4 is 0 Å². The van der Waals surface area contributed by atoms with Crippen LogP contribution in [0.1, 0.15) is 19.5 Å². The van der Waals surface area contributed by atoms with Crippen LogP contribution in [0.5, 0.6) is 0 Å². The third kappa shape index (κ3) is 4.72. The number of benzene rings is 1. The zero-order chi connectivity index (χ0) is 25.2. The molecule has 0 N–H and O–H groups in total. The summed E-state index contributed by atoms with van der Waals surface area (Å²) in [5, 5.41) is 13.6. The van der Waals surface area contributed by atoms with E-state index in [0.29, 0.717) is 11.3 Å². The minimum absolute atomic E-state index is 0.653. The second kappa shape index (κ2) is 10.3. The molecule has 4 nitrogen and oxygen atoms in total. The summed E-state index contributed by atoms with van der Waals surface area (Å²) in [6.07, 6.45) is 3.89. The number of rotatable bonds is 6. The topological polar surface area (TPSA) is 53.9 Å². The molecule has 0 unspecified atom stereocenters. The van der Waals surface area contributed by atoms with Crippen molar-refractivity contribution in [1.29, 1.82) is 5.26 Å². The van der Waals surface area contributed by atoms with Gasteiger partial charge in [-0.1, -0.05) is 30.3 Å². The van der Waals surface area contributed by atoms with Crippen LogP contribution in [0, 0.1) is 17.9 Å². The number of hydrogen-bond acceptors (Lipinski definition) is 8. The highest BCUT2D eigenvalue weighted by atomic mass is 32.1. The Morgan fingerprint density at radius 3 is 1.92 bits per heavy atom. The van der Waals surface area contributed by atoms with Gasteiger partial charge in [0.1, 0.15) is 17.1 Å². The lowest BCUT2D eigenvalue weighted by molar-refractivity contribution is 1.54. The summed E-state index contributed by atoms with van der Waals surface area (Å²) in [4.78, 5) is 9.90. The Balaban J connectivity index is 1.34. The van der Waals surface area contributed by atoms with Crippen LogP contribution in [0.2, 0.25) is 0 Å². The predicted octanol–water partition coefficient (Wildman–Crippen LogP) is 9.75. The summed E-state index contributed by atoms with van der Waals surface area (Å²) in [6, 6.07) is 22.7. The Morgan fingerprint density at radius 2 is 1.38 bits per heavy atom. The average Bonchev–Trinajstić information content (AvgIpc) is 3.75. The highest BCUT2D eigenvalue weighted by Gasteiger charge is 2.16. The predicted molar refractivity (Wildman–Crippen MR) is 161 cm³/mol. The Kier molecular flexibility index (Phi) is 6.62. The average molecular weight is 567 g/mol. The zero-order valence-corrected chi connectivity index (χ0v) is 23.0. The molecule has 6 aromatic rings. The van der Waals surface area contributed by atoms with Crippen molar-refractivity contribution in [3.8, 4) is 27.0 Å². The van der Waals surface area contributed by atoms with Gasteiger partial charge >= 0.3 is 0 Å². The lowest BCUT2D eigenvalue weighted by Crippen LogP contribution is -1.81. The van der Waals surface area contributed by atoms with Crippen LogP contribution in [-0.2, 0) is 0 Å². The molecule has 0 saturated heterocycles. The molecule has 0 fully saturated rings. The third-order valence-electron chi connectivity index (χ3n) is 5.57. The highest BCUT2D eigenvalue weighted by Crippen LogP contribution is 2.40. The van der Waals surface area contributed by atoms with Crippen molar-refractivity contribution in [1.82, 2.24) is 8.75 Å². The van der Waals surface area contributed by atoms with E-state index in [1.165, 1.54) is 11.7 Å². The van der Waals surface area contributed by atoms with Gasteiger partial charge in [0.15, 0.2) is 0 Å². The molecule has 0 aliphatic heterocycles. The van der Waals surface area contributed by atoms with E-state index in [4.69, 9.17) is 6.57 Å². The van der Waals surface area contributed by atoms with Gasteiger partial charge in [0.05, 0.1) is 23.9 Å². The molecule has 0 bridgehead atoms. The maximum absolute atomic E-state index is 9.61. The van der Waals surface area contributed by atoms with Crippen molar-refractivity contribution >= 4 is 91.5 Å². The molecule has 0 amide bonds. The molecular formula is C28H14N4S5. The fraction of sp³-hybridized carbons (Fsp3) is 0. The van der Waals surface area contributed by atoms with E-state index >= 15 is 0 Å².